The zero-order valence-electron chi connectivity index (χ0n) is 16.5. The summed E-state index contributed by atoms with van der Waals surface area (Å²) in [7, 11) is 3.21. The van der Waals surface area contributed by atoms with Crippen molar-refractivity contribution in [2.24, 2.45) is 0 Å². The smallest absolute Gasteiger partial charge is 0.244 e. The molecule has 28 heavy (non-hydrogen) atoms. The minimum Gasteiger partial charge on any atom is -0.493 e. The van der Waals surface area contributed by atoms with Gasteiger partial charge in [0.05, 0.1) is 25.3 Å². The highest BCUT2D eigenvalue weighted by atomic mass is 35.5. The van der Waals surface area contributed by atoms with Crippen molar-refractivity contribution in [2.45, 2.75) is 26.5 Å². The van der Waals surface area contributed by atoms with Crippen LogP contribution in [0.1, 0.15) is 30.0 Å². The fourth-order valence-electron chi connectivity index (χ4n) is 2.60. The molecule has 0 aliphatic rings. The summed E-state index contributed by atoms with van der Waals surface area (Å²) in [5, 5.41) is 3.31. The van der Waals surface area contributed by atoms with Gasteiger partial charge in [0.1, 0.15) is 0 Å². The first-order valence-corrected chi connectivity index (χ1v) is 9.48. The van der Waals surface area contributed by atoms with E-state index in [-0.39, 0.29) is 5.91 Å². The largest absolute Gasteiger partial charge is 0.493 e. The first-order valence-electron chi connectivity index (χ1n) is 9.10. The number of rotatable bonds is 10. The summed E-state index contributed by atoms with van der Waals surface area (Å²) >= 11 is 6.30. The van der Waals surface area contributed by atoms with Crippen LogP contribution < -0.4 is 14.8 Å². The first kappa shape index (κ1) is 21.8. The Balaban J connectivity index is 1.99. The van der Waals surface area contributed by atoms with Gasteiger partial charge in [-0.25, -0.2) is 0 Å². The van der Waals surface area contributed by atoms with Crippen molar-refractivity contribution in [1.29, 1.82) is 0 Å². The van der Waals surface area contributed by atoms with E-state index < -0.39 is 0 Å². The molecule has 5 nitrogen and oxygen atoms in total. The molecule has 0 saturated heterocycles. The van der Waals surface area contributed by atoms with Gasteiger partial charge in [-0.1, -0.05) is 42.8 Å². The van der Waals surface area contributed by atoms with Gasteiger partial charge in [-0.15, -0.1) is 0 Å². The average molecular weight is 404 g/mol. The maximum atomic E-state index is 12.1. The van der Waals surface area contributed by atoms with Crippen LogP contribution in [0.4, 0.5) is 0 Å². The van der Waals surface area contributed by atoms with Gasteiger partial charge in [-0.3, -0.25) is 4.79 Å². The molecule has 0 radical (unpaired) electrons. The van der Waals surface area contributed by atoms with Crippen LogP contribution in [0.15, 0.2) is 42.5 Å². The zero-order chi connectivity index (χ0) is 20.4. The highest BCUT2D eigenvalue weighted by Gasteiger charge is 2.11. The number of carbonyl (C=O) groups excluding carboxylic acids is 1. The van der Waals surface area contributed by atoms with Crippen LogP contribution >= 0.6 is 11.6 Å². The van der Waals surface area contributed by atoms with Crippen LogP contribution in [-0.4, -0.2) is 26.7 Å². The minimum atomic E-state index is -0.196. The number of amides is 1. The minimum absolute atomic E-state index is 0.196. The zero-order valence-corrected chi connectivity index (χ0v) is 17.2. The summed E-state index contributed by atoms with van der Waals surface area (Å²) in [6, 6.07) is 11.4. The van der Waals surface area contributed by atoms with Gasteiger partial charge >= 0.3 is 0 Å². The van der Waals surface area contributed by atoms with Crippen LogP contribution in [0.3, 0.4) is 0 Å². The van der Waals surface area contributed by atoms with Crippen molar-refractivity contribution >= 4 is 23.6 Å². The van der Waals surface area contributed by atoms with Gasteiger partial charge in [0, 0.05) is 19.7 Å². The summed E-state index contributed by atoms with van der Waals surface area (Å²) in [5.41, 5.74) is 2.83. The maximum absolute atomic E-state index is 12.1. The van der Waals surface area contributed by atoms with E-state index >= 15 is 0 Å². The van der Waals surface area contributed by atoms with Gasteiger partial charge in [0.2, 0.25) is 5.91 Å². The fraction of sp³-hybridized carbons (Fsp3) is 0.318. The molecule has 0 fully saturated rings. The number of benzene rings is 2. The molecule has 2 aromatic carbocycles. The van der Waals surface area contributed by atoms with Crippen molar-refractivity contribution < 1.29 is 19.0 Å². The van der Waals surface area contributed by atoms with E-state index in [4.69, 9.17) is 25.8 Å². The molecule has 0 atom stereocenters. The van der Waals surface area contributed by atoms with E-state index in [1.165, 1.54) is 6.08 Å². The van der Waals surface area contributed by atoms with E-state index in [2.05, 4.69) is 5.32 Å². The Bertz CT molecular complexity index is 820. The summed E-state index contributed by atoms with van der Waals surface area (Å²) in [5.74, 6) is 0.859. The third kappa shape index (κ3) is 6.59. The Kier molecular flexibility index (Phi) is 8.85. The Morgan fingerprint density at radius 3 is 2.68 bits per heavy atom. The predicted octanol–water partition coefficient (Wildman–Crippen LogP) is 4.61. The van der Waals surface area contributed by atoms with Gasteiger partial charge in [0.25, 0.3) is 0 Å². The summed E-state index contributed by atoms with van der Waals surface area (Å²) in [6.45, 7) is 3.56. The molecule has 2 rings (SSSR count). The second kappa shape index (κ2) is 11.4. The normalized spacial score (nSPS) is 10.9. The molecule has 150 valence electrons. The number of halogens is 1. The Morgan fingerprint density at radius 2 is 1.96 bits per heavy atom. The second-order valence-corrected chi connectivity index (χ2v) is 6.59. The van der Waals surface area contributed by atoms with Gasteiger partial charge in [-0.05, 0) is 41.3 Å². The molecule has 0 saturated carbocycles. The molecule has 0 unspecified atom stereocenters. The van der Waals surface area contributed by atoms with E-state index in [1.54, 1.807) is 32.4 Å². The number of ether oxygens (including phenoxy) is 3. The quantitative estimate of drug-likeness (QED) is 0.588. The Hall–Kier alpha value is -2.50. The van der Waals surface area contributed by atoms with Gasteiger partial charge in [-0.2, -0.15) is 0 Å². The van der Waals surface area contributed by atoms with Crippen molar-refractivity contribution in [3.05, 3.63) is 64.2 Å². The first-order chi connectivity index (χ1) is 13.6. The monoisotopic (exact) mass is 403 g/mol. The molecule has 0 aromatic heterocycles. The number of nitrogens with one attached hydrogen (secondary N) is 1. The third-order valence-electron chi connectivity index (χ3n) is 3.90. The summed E-state index contributed by atoms with van der Waals surface area (Å²) < 4.78 is 16.1. The molecule has 0 bridgehead atoms. The second-order valence-electron chi connectivity index (χ2n) is 6.19. The molecular formula is C22H26ClNO4. The van der Waals surface area contributed by atoms with E-state index in [0.29, 0.717) is 36.3 Å². The van der Waals surface area contributed by atoms with Crippen LogP contribution in [0.5, 0.6) is 11.5 Å². The van der Waals surface area contributed by atoms with Gasteiger partial charge in [0.15, 0.2) is 11.5 Å². The lowest BCUT2D eigenvalue weighted by atomic mass is 10.1. The average Bonchev–Trinajstić information content (AvgIpc) is 2.70. The highest BCUT2D eigenvalue weighted by Crippen LogP contribution is 2.36. The molecule has 6 heteroatoms. The lowest BCUT2D eigenvalue weighted by molar-refractivity contribution is -0.116. The standard InChI is InChI=1S/C22H26ClNO4/c1-4-10-28-22-19(23)12-16(13-20(22)27-3)8-9-21(25)24-14-17-6-5-7-18(11-17)15-26-2/h5-9,11-13H,4,10,14-15H2,1-3H3,(H,24,25)/b9-8+. The van der Waals surface area contributed by atoms with Crippen LogP contribution in [0.2, 0.25) is 5.02 Å². The van der Waals surface area contributed by atoms with E-state index in [0.717, 1.165) is 23.1 Å². The molecule has 0 aliphatic heterocycles. The highest BCUT2D eigenvalue weighted by molar-refractivity contribution is 6.32. The van der Waals surface area contributed by atoms with Crippen molar-refractivity contribution in [3.63, 3.8) is 0 Å². The summed E-state index contributed by atoms with van der Waals surface area (Å²) in [6.07, 6.45) is 4.03. The van der Waals surface area contributed by atoms with Crippen LogP contribution in [-0.2, 0) is 22.7 Å². The fourth-order valence-corrected chi connectivity index (χ4v) is 2.87. The molecule has 1 amide bonds. The van der Waals surface area contributed by atoms with Crippen molar-refractivity contribution in [2.75, 3.05) is 20.8 Å². The molecular weight excluding hydrogens is 378 g/mol. The third-order valence-corrected chi connectivity index (χ3v) is 4.18. The van der Waals surface area contributed by atoms with Crippen LogP contribution in [0, 0.1) is 0 Å². The maximum Gasteiger partial charge on any atom is 0.244 e. The van der Waals surface area contributed by atoms with E-state index in [1.807, 2.05) is 31.2 Å². The van der Waals surface area contributed by atoms with Crippen molar-refractivity contribution in [1.82, 2.24) is 5.32 Å². The summed E-state index contributed by atoms with van der Waals surface area (Å²) in [4.78, 5) is 12.1. The molecule has 1 N–H and O–H groups in total. The lowest BCUT2D eigenvalue weighted by Crippen LogP contribution is -2.20. The SMILES string of the molecule is CCCOc1c(Cl)cc(/C=C/C(=O)NCc2cccc(COC)c2)cc1OC. The van der Waals surface area contributed by atoms with Crippen LogP contribution in [0.25, 0.3) is 6.08 Å². The Labute approximate surface area is 171 Å². The number of hydrogen-bond acceptors (Lipinski definition) is 4. The molecule has 0 aliphatic carbocycles. The van der Waals surface area contributed by atoms with Crippen molar-refractivity contribution in [3.8, 4) is 11.5 Å². The number of carbonyl (C=O) groups is 1. The molecule has 2 aromatic rings. The lowest BCUT2D eigenvalue weighted by Gasteiger charge is -2.12. The topological polar surface area (TPSA) is 56.8 Å². The Morgan fingerprint density at radius 1 is 1.18 bits per heavy atom. The number of methoxy groups -OCH3 is 2. The predicted molar refractivity (Wildman–Crippen MR) is 112 cm³/mol. The number of hydrogen-bond donors (Lipinski definition) is 1. The molecule has 0 heterocycles. The molecule has 0 spiro atoms. The van der Waals surface area contributed by atoms with E-state index in [9.17, 15) is 4.79 Å². The van der Waals surface area contributed by atoms with Gasteiger partial charge < -0.3 is 19.5 Å².